The van der Waals surface area contributed by atoms with Crippen LogP contribution in [0.15, 0.2) is 39.3 Å². The van der Waals surface area contributed by atoms with Gasteiger partial charge in [0.1, 0.15) is 5.75 Å². The van der Waals surface area contributed by atoms with Crippen molar-refractivity contribution in [3.63, 3.8) is 0 Å². The van der Waals surface area contributed by atoms with Crippen LogP contribution in [-0.4, -0.2) is 11.7 Å². The summed E-state index contributed by atoms with van der Waals surface area (Å²) in [6, 6.07) is 9.57. The van der Waals surface area contributed by atoms with E-state index in [2.05, 4.69) is 31.9 Å². The van der Waals surface area contributed by atoms with Crippen molar-refractivity contribution in [3.8, 4) is 5.75 Å². The second-order valence-electron chi connectivity index (χ2n) is 5.04. The predicted molar refractivity (Wildman–Crippen MR) is 91.2 cm³/mol. The Kier molecular flexibility index (Phi) is 4.60. The van der Waals surface area contributed by atoms with Crippen LogP contribution < -0.4 is 4.74 Å². The molecule has 3 rings (SSSR count). The average molecular weight is 433 g/mol. The molecule has 1 N–H and O–H groups in total. The van der Waals surface area contributed by atoms with Crippen LogP contribution in [-0.2, 0) is 12.8 Å². The number of aliphatic hydroxyl groups excluding tert-OH is 1. The SMILES string of the molecule is OC(Cc1cc(Cl)cc2c1OCC2)c1ccc(Br)cc1Br. The highest BCUT2D eigenvalue weighted by Crippen LogP contribution is 2.36. The number of rotatable bonds is 3. The van der Waals surface area contributed by atoms with Crippen molar-refractivity contribution in [1.29, 1.82) is 0 Å². The van der Waals surface area contributed by atoms with E-state index in [4.69, 9.17) is 16.3 Å². The van der Waals surface area contributed by atoms with Gasteiger partial charge in [-0.3, -0.25) is 0 Å². The fraction of sp³-hybridized carbons (Fsp3) is 0.250. The molecule has 0 aromatic heterocycles. The molecule has 1 atom stereocenters. The van der Waals surface area contributed by atoms with E-state index >= 15 is 0 Å². The zero-order valence-corrected chi connectivity index (χ0v) is 15.0. The van der Waals surface area contributed by atoms with Crippen LogP contribution in [0.3, 0.4) is 0 Å². The second kappa shape index (κ2) is 6.29. The summed E-state index contributed by atoms with van der Waals surface area (Å²) in [7, 11) is 0. The zero-order valence-electron chi connectivity index (χ0n) is 11.1. The van der Waals surface area contributed by atoms with Gasteiger partial charge in [-0.2, -0.15) is 0 Å². The van der Waals surface area contributed by atoms with E-state index < -0.39 is 6.10 Å². The minimum Gasteiger partial charge on any atom is -0.493 e. The zero-order chi connectivity index (χ0) is 15.0. The Morgan fingerprint density at radius 3 is 2.81 bits per heavy atom. The number of aliphatic hydroxyl groups is 1. The van der Waals surface area contributed by atoms with Gasteiger partial charge in [0.2, 0.25) is 0 Å². The van der Waals surface area contributed by atoms with Crippen molar-refractivity contribution in [1.82, 2.24) is 0 Å². The van der Waals surface area contributed by atoms with E-state index in [9.17, 15) is 5.11 Å². The molecular formula is C16H13Br2ClO2. The molecule has 110 valence electrons. The highest BCUT2D eigenvalue weighted by atomic mass is 79.9. The number of halogens is 3. The Morgan fingerprint density at radius 2 is 2.05 bits per heavy atom. The van der Waals surface area contributed by atoms with Crippen molar-refractivity contribution < 1.29 is 9.84 Å². The molecule has 0 amide bonds. The summed E-state index contributed by atoms with van der Waals surface area (Å²) >= 11 is 13.1. The number of hydrogen-bond donors (Lipinski definition) is 1. The first-order chi connectivity index (χ1) is 10.0. The average Bonchev–Trinajstić information content (AvgIpc) is 2.86. The fourth-order valence-corrected chi connectivity index (χ4v) is 4.16. The molecule has 0 saturated carbocycles. The van der Waals surface area contributed by atoms with Crippen molar-refractivity contribution >= 4 is 43.5 Å². The van der Waals surface area contributed by atoms with E-state index in [-0.39, 0.29) is 0 Å². The first kappa shape index (κ1) is 15.3. The Balaban J connectivity index is 1.90. The smallest absolute Gasteiger partial charge is 0.126 e. The largest absolute Gasteiger partial charge is 0.493 e. The fourth-order valence-electron chi connectivity index (χ4n) is 2.59. The normalized spacial score (nSPS) is 14.7. The van der Waals surface area contributed by atoms with Crippen molar-refractivity contribution in [2.75, 3.05) is 6.61 Å². The molecule has 0 saturated heterocycles. The Bertz CT molecular complexity index is 688. The monoisotopic (exact) mass is 430 g/mol. The summed E-state index contributed by atoms with van der Waals surface area (Å²) in [5.74, 6) is 0.881. The van der Waals surface area contributed by atoms with E-state index in [1.807, 2.05) is 30.3 Å². The molecule has 0 fully saturated rings. The lowest BCUT2D eigenvalue weighted by Crippen LogP contribution is -2.04. The lowest BCUT2D eigenvalue weighted by Gasteiger charge is -2.15. The number of hydrogen-bond acceptors (Lipinski definition) is 2. The lowest BCUT2D eigenvalue weighted by molar-refractivity contribution is 0.176. The molecule has 1 heterocycles. The van der Waals surface area contributed by atoms with E-state index in [1.165, 1.54) is 0 Å². The van der Waals surface area contributed by atoms with Crippen LogP contribution in [0.1, 0.15) is 22.8 Å². The molecule has 0 radical (unpaired) electrons. The van der Waals surface area contributed by atoms with Crippen molar-refractivity contribution in [3.05, 3.63) is 61.0 Å². The van der Waals surface area contributed by atoms with Gasteiger partial charge in [0, 0.05) is 26.8 Å². The maximum atomic E-state index is 10.5. The molecule has 2 aromatic rings. The summed E-state index contributed by atoms with van der Waals surface area (Å²) in [4.78, 5) is 0. The van der Waals surface area contributed by atoms with Crippen molar-refractivity contribution in [2.24, 2.45) is 0 Å². The Hall–Kier alpha value is -0.550. The van der Waals surface area contributed by atoms with Gasteiger partial charge in [0.05, 0.1) is 12.7 Å². The van der Waals surface area contributed by atoms with Gasteiger partial charge in [0.25, 0.3) is 0 Å². The summed E-state index contributed by atoms with van der Waals surface area (Å²) in [6.45, 7) is 0.681. The molecule has 5 heteroatoms. The quantitative estimate of drug-likeness (QED) is 0.733. The first-order valence-electron chi connectivity index (χ1n) is 6.61. The molecule has 1 aliphatic heterocycles. The van der Waals surface area contributed by atoms with Gasteiger partial charge in [-0.25, -0.2) is 0 Å². The summed E-state index contributed by atoms with van der Waals surface area (Å²) in [6.07, 6.45) is 0.739. The van der Waals surface area contributed by atoms with Crippen LogP contribution in [0, 0.1) is 0 Å². The van der Waals surface area contributed by atoms with Gasteiger partial charge >= 0.3 is 0 Å². The number of benzene rings is 2. The third-order valence-corrected chi connectivity index (χ3v) is 4.96. The first-order valence-corrected chi connectivity index (χ1v) is 8.58. The van der Waals surface area contributed by atoms with Crippen LogP contribution in [0.25, 0.3) is 0 Å². The summed E-state index contributed by atoms with van der Waals surface area (Å²) < 4.78 is 7.53. The van der Waals surface area contributed by atoms with Crippen LogP contribution >= 0.6 is 43.5 Å². The van der Waals surface area contributed by atoms with E-state index in [0.717, 1.165) is 37.8 Å². The molecular weight excluding hydrogens is 419 g/mol. The van der Waals surface area contributed by atoms with Crippen LogP contribution in [0.4, 0.5) is 0 Å². The highest BCUT2D eigenvalue weighted by Gasteiger charge is 2.21. The molecule has 2 nitrogen and oxygen atoms in total. The molecule has 0 bridgehead atoms. The van der Waals surface area contributed by atoms with Gasteiger partial charge in [-0.15, -0.1) is 0 Å². The maximum Gasteiger partial charge on any atom is 0.126 e. The highest BCUT2D eigenvalue weighted by molar-refractivity contribution is 9.11. The Labute approximate surface area is 145 Å². The van der Waals surface area contributed by atoms with Gasteiger partial charge in [0.15, 0.2) is 0 Å². The standard InChI is InChI=1S/C16H13Br2ClO2/c17-11-1-2-13(14(18)8-11)15(20)7-10-6-12(19)5-9-3-4-21-16(9)10/h1-2,5-6,8,15,20H,3-4,7H2. The molecule has 21 heavy (non-hydrogen) atoms. The molecule has 1 aliphatic rings. The van der Waals surface area contributed by atoms with Crippen LogP contribution in [0.2, 0.25) is 5.02 Å². The minimum absolute atomic E-state index is 0.475. The third kappa shape index (κ3) is 3.29. The lowest BCUT2D eigenvalue weighted by atomic mass is 9.99. The number of ether oxygens (including phenoxy) is 1. The van der Waals surface area contributed by atoms with E-state index in [1.54, 1.807) is 0 Å². The maximum absolute atomic E-state index is 10.5. The second-order valence-corrected chi connectivity index (χ2v) is 7.24. The minimum atomic E-state index is -0.612. The molecule has 1 unspecified atom stereocenters. The van der Waals surface area contributed by atoms with Crippen molar-refractivity contribution in [2.45, 2.75) is 18.9 Å². The third-order valence-electron chi connectivity index (χ3n) is 3.56. The number of fused-ring (bicyclic) bond motifs is 1. The summed E-state index contributed by atoms with van der Waals surface area (Å²) in [5, 5.41) is 11.2. The molecule has 0 spiro atoms. The molecule has 0 aliphatic carbocycles. The molecule has 2 aromatic carbocycles. The topological polar surface area (TPSA) is 29.5 Å². The van der Waals surface area contributed by atoms with Crippen LogP contribution in [0.5, 0.6) is 5.75 Å². The Morgan fingerprint density at radius 1 is 1.24 bits per heavy atom. The van der Waals surface area contributed by atoms with E-state index in [0.29, 0.717) is 18.1 Å². The van der Waals surface area contributed by atoms with Gasteiger partial charge < -0.3 is 9.84 Å². The summed E-state index contributed by atoms with van der Waals surface area (Å²) in [5.41, 5.74) is 2.93. The van der Waals surface area contributed by atoms with Gasteiger partial charge in [-0.05, 0) is 41.0 Å². The van der Waals surface area contributed by atoms with Gasteiger partial charge in [-0.1, -0.05) is 49.5 Å². The predicted octanol–water partition coefficient (Wildman–Crippen LogP) is 5.08.